The highest BCUT2D eigenvalue weighted by Crippen LogP contribution is 2.21. The highest BCUT2D eigenvalue weighted by molar-refractivity contribution is 7.11. The number of thiazole rings is 1. The van der Waals surface area contributed by atoms with Gasteiger partial charge in [0.25, 0.3) is 0 Å². The molecule has 0 spiro atoms. The van der Waals surface area contributed by atoms with Crippen LogP contribution in [-0.2, 0) is 6.42 Å². The number of aromatic nitrogens is 1. The monoisotopic (exact) mass is 310 g/mol. The number of hydrogen-bond donors (Lipinski definition) is 1. The molecule has 0 amide bonds. The summed E-state index contributed by atoms with van der Waals surface area (Å²) in [7, 11) is 0. The third-order valence-electron chi connectivity index (χ3n) is 4.08. The minimum atomic E-state index is 0.360. The van der Waals surface area contributed by atoms with Crippen molar-refractivity contribution in [1.82, 2.24) is 10.3 Å². The van der Waals surface area contributed by atoms with E-state index >= 15 is 0 Å². The SMILES string of the molecule is Cc1nc(C)c(CCNC(C)c2ccc3ccccc3c2)s1. The minimum absolute atomic E-state index is 0.360. The van der Waals surface area contributed by atoms with Crippen LogP contribution in [0.4, 0.5) is 0 Å². The normalized spacial score (nSPS) is 12.7. The highest BCUT2D eigenvalue weighted by Gasteiger charge is 2.08. The predicted molar refractivity (Wildman–Crippen MR) is 95.7 cm³/mol. The van der Waals surface area contributed by atoms with Crippen molar-refractivity contribution in [3.05, 3.63) is 63.6 Å². The van der Waals surface area contributed by atoms with Gasteiger partial charge in [-0.05, 0) is 49.6 Å². The lowest BCUT2D eigenvalue weighted by atomic mass is 10.0. The van der Waals surface area contributed by atoms with Crippen molar-refractivity contribution in [2.75, 3.05) is 6.54 Å². The topological polar surface area (TPSA) is 24.9 Å². The van der Waals surface area contributed by atoms with Gasteiger partial charge in [-0.3, -0.25) is 0 Å². The molecule has 1 heterocycles. The summed E-state index contributed by atoms with van der Waals surface area (Å²) in [5.41, 5.74) is 2.53. The van der Waals surface area contributed by atoms with Crippen molar-refractivity contribution < 1.29 is 0 Å². The van der Waals surface area contributed by atoms with Crippen molar-refractivity contribution >= 4 is 22.1 Å². The van der Waals surface area contributed by atoms with E-state index in [1.165, 1.54) is 26.9 Å². The lowest BCUT2D eigenvalue weighted by molar-refractivity contribution is 0.578. The summed E-state index contributed by atoms with van der Waals surface area (Å²) in [6.07, 6.45) is 1.05. The number of aryl methyl sites for hydroxylation is 2. The van der Waals surface area contributed by atoms with E-state index in [0.717, 1.165) is 18.0 Å². The van der Waals surface area contributed by atoms with Crippen molar-refractivity contribution in [3.63, 3.8) is 0 Å². The van der Waals surface area contributed by atoms with Gasteiger partial charge in [-0.1, -0.05) is 36.4 Å². The third kappa shape index (κ3) is 3.37. The van der Waals surface area contributed by atoms with E-state index in [1.54, 1.807) is 0 Å². The molecule has 2 aromatic carbocycles. The summed E-state index contributed by atoms with van der Waals surface area (Å²) in [6.45, 7) is 7.39. The molecule has 1 aromatic heterocycles. The van der Waals surface area contributed by atoms with Crippen molar-refractivity contribution in [3.8, 4) is 0 Å². The Morgan fingerprint density at radius 3 is 2.59 bits per heavy atom. The highest BCUT2D eigenvalue weighted by atomic mass is 32.1. The first-order valence-electron chi connectivity index (χ1n) is 7.78. The van der Waals surface area contributed by atoms with Gasteiger partial charge in [0, 0.05) is 17.5 Å². The molecule has 0 bridgehead atoms. The molecule has 0 aliphatic heterocycles. The second kappa shape index (κ2) is 6.59. The average Bonchev–Trinajstić information content (AvgIpc) is 2.84. The summed E-state index contributed by atoms with van der Waals surface area (Å²) >= 11 is 1.81. The molecule has 3 heteroatoms. The first kappa shape index (κ1) is 15.2. The quantitative estimate of drug-likeness (QED) is 0.731. The molecule has 1 N–H and O–H groups in total. The van der Waals surface area contributed by atoms with E-state index in [0.29, 0.717) is 6.04 Å². The smallest absolute Gasteiger partial charge is 0.0900 e. The van der Waals surface area contributed by atoms with Gasteiger partial charge in [0.2, 0.25) is 0 Å². The van der Waals surface area contributed by atoms with E-state index in [2.05, 4.69) is 73.5 Å². The first-order valence-corrected chi connectivity index (χ1v) is 8.60. The van der Waals surface area contributed by atoms with Crippen LogP contribution in [0.2, 0.25) is 0 Å². The first-order chi connectivity index (χ1) is 10.6. The number of fused-ring (bicyclic) bond motifs is 1. The summed E-state index contributed by atoms with van der Waals surface area (Å²) in [6, 6.07) is 15.6. The number of hydrogen-bond acceptors (Lipinski definition) is 3. The maximum atomic E-state index is 4.49. The second-order valence-corrected chi connectivity index (χ2v) is 7.06. The molecule has 114 valence electrons. The Morgan fingerprint density at radius 1 is 1.09 bits per heavy atom. The van der Waals surface area contributed by atoms with Gasteiger partial charge in [-0.25, -0.2) is 4.98 Å². The molecule has 22 heavy (non-hydrogen) atoms. The van der Waals surface area contributed by atoms with Crippen LogP contribution in [0.25, 0.3) is 10.8 Å². The Labute approximate surface area is 136 Å². The van der Waals surface area contributed by atoms with Gasteiger partial charge in [-0.15, -0.1) is 11.3 Å². The Balaban J connectivity index is 1.63. The standard InChI is InChI=1S/C19H22N2S/c1-13(20-11-10-19-14(2)21-15(3)22-19)17-9-8-16-6-4-5-7-18(16)12-17/h4-9,12-13,20H,10-11H2,1-3H3. The predicted octanol–water partition coefficient (Wildman–Crippen LogP) is 4.81. The van der Waals surface area contributed by atoms with Crippen molar-refractivity contribution in [2.45, 2.75) is 33.2 Å². The molecule has 0 radical (unpaired) electrons. The van der Waals surface area contributed by atoms with E-state index in [1.807, 2.05) is 11.3 Å². The van der Waals surface area contributed by atoms with E-state index < -0.39 is 0 Å². The number of nitrogens with one attached hydrogen (secondary N) is 1. The summed E-state index contributed by atoms with van der Waals surface area (Å²) in [5.74, 6) is 0. The largest absolute Gasteiger partial charge is 0.310 e. The zero-order chi connectivity index (χ0) is 15.5. The molecular formula is C19H22N2S. The van der Waals surface area contributed by atoms with Gasteiger partial charge in [-0.2, -0.15) is 0 Å². The molecule has 0 aliphatic rings. The Bertz CT molecular complexity index is 776. The molecule has 2 nitrogen and oxygen atoms in total. The lowest BCUT2D eigenvalue weighted by Gasteiger charge is -2.15. The Kier molecular flexibility index (Phi) is 4.55. The fourth-order valence-corrected chi connectivity index (χ4v) is 3.74. The van der Waals surface area contributed by atoms with Gasteiger partial charge >= 0.3 is 0 Å². The zero-order valence-corrected chi connectivity index (χ0v) is 14.2. The van der Waals surface area contributed by atoms with Gasteiger partial charge < -0.3 is 5.32 Å². The van der Waals surface area contributed by atoms with E-state index in [4.69, 9.17) is 0 Å². The molecule has 0 saturated carbocycles. The van der Waals surface area contributed by atoms with E-state index in [-0.39, 0.29) is 0 Å². The zero-order valence-electron chi connectivity index (χ0n) is 13.4. The average molecular weight is 310 g/mol. The molecule has 1 unspecified atom stereocenters. The van der Waals surface area contributed by atoms with Crippen molar-refractivity contribution in [1.29, 1.82) is 0 Å². The second-order valence-electron chi connectivity index (χ2n) is 5.77. The maximum Gasteiger partial charge on any atom is 0.0900 e. The van der Waals surface area contributed by atoms with Crippen molar-refractivity contribution in [2.24, 2.45) is 0 Å². The van der Waals surface area contributed by atoms with Crippen LogP contribution >= 0.6 is 11.3 Å². The Hall–Kier alpha value is -1.71. The molecule has 0 saturated heterocycles. The summed E-state index contributed by atoms with van der Waals surface area (Å²) < 4.78 is 0. The molecule has 3 rings (SSSR count). The van der Waals surface area contributed by atoms with Crippen LogP contribution in [0, 0.1) is 13.8 Å². The lowest BCUT2D eigenvalue weighted by Crippen LogP contribution is -2.21. The Morgan fingerprint density at radius 2 is 1.86 bits per heavy atom. The molecule has 0 fully saturated rings. The number of benzene rings is 2. The fourth-order valence-electron chi connectivity index (χ4n) is 2.80. The van der Waals surface area contributed by atoms with Crippen LogP contribution in [-0.4, -0.2) is 11.5 Å². The van der Waals surface area contributed by atoms with Gasteiger partial charge in [0.15, 0.2) is 0 Å². The maximum absolute atomic E-state index is 4.49. The van der Waals surface area contributed by atoms with Crippen LogP contribution < -0.4 is 5.32 Å². The number of rotatable bonds is 5. The number of nitrogens with zero attached hydrogens (tertiary/aromatic N) is 1. The molecular weight excluding hydrogens is 288 g/mol. The molecule has 0 aliphatic carbocycles. The van der Waals surface area contributed by atoms with Crippen LogP contribution in [0.3, 0.4) is 0 Å². The van der Waals surface area contributed by atoms with Crippen LogP contribution in [0.1, 0.15) is 34.1 Å². The van der Waals surface area contributed by atoms with Gasteiger partial charge in [0.05, 0.1) is 10.7 Å². The van der Waals surface area contributed by atoms with Crippen LogP contribution in [0.15, 0.2) is 42.5 Å². The molecule has 1 atom stereocenters. The van der Waals surface area contributed by atoms with Gasteiger partial charge in [0.1, 0.15) is 0 Å². The van der Waals surface area contributed by atoms with Crippen LogP contribution in [0.5, 0.6) is 0 Å². The fraction of sp³-hybridized carbons (Fsp3) is 0.316. The summed E-state index contributed by atoms with van der Waals surface area (Å²) in [5, 5.41) is 7.40. The van der Waals surface area contributed by atoms with E-state index in [9.17, 15) is 0 Å². The minimum Gasteiger partial charge on any atom is -0.310 e. The third-order valence-corrected chi connectivity index (χ3v) is 5.21. The summed E-state index contributed by atoms with van der Waals surface area (Å²) in [4.78, 5) is 5.89. The molecule has 3 aromatic rings.